The van der Waals surface area contributed by atoms with E-state index in [4.69, 9.17) is 4.74 Å². The summed E-state index contributed by atoms with van der Waals surface area (Å²) in [6.07, 6.45) is 0.963. The van der Waals surface area contributed by atoms with Gasteiger partial charge in [-0.15, -0.1) is 0 Å². The number of carbonyl (C=O) groups excluding carboxylic acids is 1. The van der Waals surface area contributed by atoms with E-state index >= 15 is 0 Å². The van der Waals surface area contributed by atoms with Crippen molar-refractivity contribution in [2.45, 2.75) is 12.8 Å². The summed E-state index contributed by atoms with van der Waals surface area (Å²) >= 11 is 0. The molecular weight excluding hydrogens is 405 g/mol. The van der Waals surface area contributed by atoms with Crippen molar-refractivity contribution in [3.05, 3.63) is 58.4 Å². The molecule has 0 radical (unpaired) electrons. The summed E-state index contributed by atoms with van der Waals surface area (Å²) in [5, 5.41) is 13.4. The van der Waals surface area contributed by atoms with E-state index in [1.54, 1.807) is 0 Å². The van der Waals surface area contributed by atoms with Gasteiger partial charge in [-0.1, -0.05) is 12.1 Å². The molecule has 0 aliphatic carbocycles. The maximum absolute atomic E-state index is 14.0. The molecule has 0 heterocycles. The molecule has 0 aromatic heterocycles. The van der Waals surface area contributed by atoms with Crippen LogP contribution in [0.2, 0.25) is 0 Å². The summed E-state index contributed by atoms with van der Waals surface area (Å²) in [6, 6.07) is 9.21. The quantitative estimate of drug-likeness (QED) is 0.487. The second-order valence-electron chi connectivity index (χ2n) is 6.08. The van der Waals surface area contributed by atoms with Gasteiger partial charge in [0.2, 0.25) is 15.9 Å². The smallest absolute Gasteiger partial charge is 0.271 e. The Labute approximate surface area is 167 Å². The van der Waals surface area contributed by atoms with Crippen LogP contribution in [0.5, 0.6) is 5.75 Å². The van der Waals surface area contributed by atoms with E-state index in [0.717, 1.165) is 16.6 Å². The van der Waals surface area contributed by atoms with Crippen LogP contribution in [0, 0.1) is 15.9 Å². The number of halogens is 1. The fraction of sp³-hybridized carbons (Fsp3) is 0.278. The maximum Gasteiger partial charge on any atom is 0.271 e. The molecule has 0 spiro atoms. The Kier molecular flexibility index (Phi) is 7.10. The first-order valence-electron chi connectivity index (χ1n) is 8.48. The highest BCUT2D eigenvalue weighted by atomic mass is 32.2. The van der Waals surface area contributed by atoms with E-state index < -0.39 is 26.7 Å². The van der Waals surface area contributed by atoms with Gasteiger partial charge < -0.3 is 10.1 Å². The third kappa shape index (κ3) is 5.88. The average molecular weight is 425 g/mol. The molecule has 29 heavy (non-hydrogen) atoms. The van der Waals surface area contributed by atoms with Gasteiger partial charge in [-0.2, -0.15) is 0 Å². The van der Waals surface area contributed by atoms with Crippen LogP contribution in [0.25, 0.3) is 0 Å². The standard InChI is InChI=1S/C18H20FN3O6S/c1-28-17-10-9-13(22(24)25)12-15(17)20-18(23)8-5-11-21(29(2,26)27)16-7-4-3-6-14(16)19/h3-4,6-7,9-10,12H,5,8,11H2,1-2H3,(H,20,23). The van der Waals surface area contributed by atoms with Crippen molar-refractivity contribution in [1.82, 2.24) is 0 Å². The topological polar surface area (TPSA) is 119 Å². The lowest BCUT2D eigenvalue weighted by molar-refractivity contribution is -0.384. The Morgan fingerprint density at radius 3 is 2.55 bits per heavy atom. The van der Waals surface area contributed by atoms with Gasteiger partial charge in [-0.05, 0) is 24.6 Å². The predicted octanol–water partition coefficient (Wildman–Crippen LogP) is 2.93. The normalized spacial score (nSPS) is 11.0. The fourth-order valence-corrected chi connectivity index (χ4v) is 3.59. The van der Waals surface area contributed by atoms with Crippen molar-refractivity contribution in [2.24, 2.45) is 0 Å². The van der Waals surface area contributed by atoms with Crippen LogP contribution in [0.4, 0.5) is 21.5 Å². The molecule has 0 aliphatic heterocycles. The molecule has 9 nitrogen and oxygen atoms in total. The third-order valence-electron chi connectivity index (χ3n) is 3.95. The number of nitro groups is 1. The molecule has 0 aliphatic rings. The molecule has 2 aromatic rings. The highest BCUT2D eigenvalue weighted by Crippen LogP contribution is 2.29. The number of nitrogens with zero attached hydrogens (tertiary/aromatic N) is 2. The molecule has 0 bridgehead atoms. The van der Waals surface area contributed by atoms with Gasteiger partial charge in [0, 0.05) is 25.1 Å². The van der Waals surface area contributed by atoms with Crippen molar-refractivity contribution in [2.75, 3.05) is 29.5 Å². The SMILES string of the molecule is COc1ccc([N+](=O)[O-])cc1NC(=O)CCCN(c1ccccc1F)S(C)(=O)=O. The van der Waals surface area contributed by atoms with Crippen molar-refractivity contribution in [1.29, 1.82) is 0 Å². The van der Waals surface area contributed by atoms with Crippen LogP contribution in [-0.4, -0.2) is 39.2 Å². The molecule has 0 atom stereocenters. The van der Waals surface area contributed by atoms with Crippen molar-refractivity contribution in [3.63, 3.8) is 0 Å². The summed E-state index contributed by atoms with van der Waals surface area (Å²) < 4.78 is 44.0. The summed E-state index contributed by atoms with van der Waals surface area (Å²) in [5.74, 6) is -0.942. The zero-order chi connectivity index (χ0) is 21.6. The van der Waals surface area contributed by atoms with Crippen LogP contribution in [0.15, 0.2) is 42.5 Å². The predicted molar refractivity (Wildman–Crippen MR) is 106 cm³/mol. The lowest BCUT2D eigenvalue weighted by Crippen LogP contribution is -2.32. The number of methoxy groups -OCH3 is 1. The molecule has 2 aromatic carbocycles. The Morgan fingerprint density at radius 1 is 1.28 bits per heavy atom. The summed E-state index contributed by atoms with van der Waals surface area (Å²) in [5.41, 5.74) is -0.194. The second-order valence-corrected chi connectivity index (χ2v) is 7.99. The molecule has 1 N–H and O–H groups in total. The number of amides is 1. The first kappa shape index (κ1) is 22.1. The van der Waals surface area contributed by atoms with Gasteiger partial charge in [-0.25, -0.2) is 12.8 Å². The first-order chi connectivity index (χ1) is 13.6. The van der Waals surface area contributed by atoms with Gasteiger partial charge in [0.15, 0.2) is 0 Å². The van der Waals surface area contributed by atoms with Crippen molar-refractivity contribution >= 4 is 33.0 Å². The zero-order valence-corrected chi connectivity index (χ0v) is 16.6. The number of nitrogens with one attached hydrogen (secondary N) is 1. The first-order valence-corrected chi connectivity index (χ1v) is 10.3. The van der Waals surface area contributed by atoms with Gasteiger partial charge in [0.25, 0.3) is 5.69 Å². The molecule has 0 fully saturated rings. The molecule has 2 rings (SSSR count). The van der Waals surface area contributed by atoms with E-state index in [2.05, 4.69) is 5.32 Å². The minimum atomic E-state index is -3.76. The molecule has 0 unspecified atom stereocenters. The number of hydrogen-bond donors (Lipinski definition) is 1. The van der Waals surface area contributed by atoms with E-state index in [1.165, 1.54) is 43.5 Å². The minimum Gasteiger partial charge on any atom is -0.495 e. The van der Waals surface area contributed by atoms with E-state index in [-0.39, 0.29) is 42.2 Å². The number of non-ortho nitro benzene ring substituents is 1. The van der Waals surface area contributed by atoms with Crippen LogP contribution in [0.3, 0.4) is 0 Å². The lowest BCUT2D eigenvalue weighted by atomic mass is 10.2. The number of benzene rings is 2. The van der Waals surface area contributed by atoms with Crippen LogP contribution < -0.4 is 14.4 Å². The van der Waals surface area contributed by atoms with Crippen molar-refractivity contribution < 1.29 is 27.3 Å². The molecular formula is C18H20FN3O6S. The Hall–Kier alpha value is -3.21. The average Bonchev–Trinajstić information content (AvgIpc) is 2.65. The number of para-hydroxylation sites is 1. The van der Waals surface area contributed by atoms with E-state index in [1.807, 2.05) is 0 Å². The lowest BCUT2D eigenvalue weighted by Gasteiger charge is -2.22. The van der Waals surface area contributed by atoms with Gasteiger partial charge in [-0.3, -0.25) is 19.2 Å². The molecule has 1 amide bonds. The molecule has 11 heteroatoms. The number of hydrogen-bond acceptors (Lipinski definition) is 6. The molecule has 156 valence electrons. The van der Waals surface area contributed by atoms with Crippen molar-refractivity contribution in [3.8, 4) is 5.75 Å². The fourth-order valence-electron chi connectivity index (χ4n) is 2.62. The summed E-state index contributed by atoms with van der Waals surface area (Å²) in [7, 11) is -2.40. The van der Waals surface area contributed by atoms with E-state index in [9.17, 15) is 27.7 Å². The largest absolute Gasteiger partial charge is 0.495 e. The summed E-state index contributed by atoms with van der Waals surface area (Å²) in [4.78, 5) is 22.5. The Balaban J connectivity index is 2.06. The maximum atomic E-state index is 14.0. The Morgan fingerprint density at radius 2 is 1.97 bits per heavy atom. The number of nitro benzene ring substituents is 1. The van der Waals surface area contributed by atoms with Crippen LogP contribution in [0.1, 0.15) is 12.8 Å². The highest BCUT2D eigenvalue weighted by molar-refractivity contribution is 7.92. The molecule has 0 saturated heterocycles. The number of rotatable bonds is 9. The van der Waals surface area contributed by atoms with Crippen LogP contribution >= 0.6 is 0 Å². The number of anilines is 2. The Bertz CT molecular complexity index is 1010. The third-order valence-corrected chi connectivity index (χ3v) is 5.13. The number of sulfonamides is 1. The second kappa shape index (κ2) is 9.32. The monoisotopic (exact) mass is 425 g/mol. The number of ether oxygens (including phenoxy) is 1. The van der Waals surface area contributed by atoms with Gasteiger partial charge in [0.05, 0.1) is 29.7 Å². The van der Waals surface area contributed by atoms with E-state index in [0.29, 0.717) is 0 Å². The zero-order valence-electron chi connectivity index (χ0n) is 15.8. The summed E-state index contributed by atoms with van der Waals surface area (Å²) in [6.45, 7) is -0.112. The number of carbonyl (C=O) groups is 1. The minimum absolute atomic E-state index is 0.0910. The molecule has 0 saturated carbocycles. The van der Waals surface area contributed by atoms with Crippen LogP contribution in [-0.2, 0) is 14.8 Å². The van der Waals surface area contributed by atoms with Gasteiger partial charge >= 0.3 is 0 Å². The van der Waals surface area contributed by atoms with Gasteiger partial charge in [0.1, 0.15) is 11.6 Å². The highest BCUT2D eigenvalue weighted by Gasteiger charge is 2.21.